The van der Waals surface area contributed by atoms with Crippen LogP contribution in [0.5, 0.6) is 0 Å². The minimum Gasteiger partial charge on any atom is -0.313 e. The molecule has 1 aromatic rings. The standard InChI is InChI=1S/C15H25ClN2/c1-5-18(12(2)3)11-10-15(17-4)13-6-8-14(16)9-7-13/h6-9,12,15,17H,5,10-11H2,1-4H3. The smallest absolute Gasteiger partial charge is 0.0406 e. The van der Waals surface area contributed by atoms with Crippen molar-refractivity contribution in [3.63, 3.8) is 0 Å². The van der Waals surface area contributed by atoms with E-state index in [1.165, 1.54) is 5.56 Å². The van der Waals surface area contributed by atoms with Gasteiger partial charge in [0.1, 0.15) is 0 Å². The largest absolute Gasteiger partial charge is 0.313 e. The van der Waals surface area contributed by atoms with Crippen molar-refractivity contribution in [3.8, 4) is 0 Å². The average Bonchev–Trinajstić information content (AvgIpc) is 2.36. The minimum absolute atomic E-state index is 0.398. The molecule has 2 nitrogen and oxygen atoms in total. The van der Waals surface area contributed by atoms with Gasteiger partial charge in [-0.05, 0) is 51.6 Å². The van der Waals surface area contributed by atoms with Crippen LogP contribution in [0.15, 0.2) is 24.3 Å². The fraction of sp³-hybridized carbons (Fsp3) is 0.600. The van der Waals surface area contributed by atoms with Gasteiger partial charge in [-0.25, -0.2) is 0 Å². The molecule has 0 aliphatic carbocycles. The van der Waals surface area contributed by atoms with Crippen molar-refractivity contribution < 1.29 is 0 Å². The molecule has 0 aliphatic rings. The lowest BCUT2D eigenvalue weighted by atomic mass is 10.0. The second kappa shape index (κ2) is 7.78. The maximum Gasteiger partial charge on any atom is 0.0406 e. The lowest BCUT2D eigenvalue weighted by Gasteiger charge is -2.27. The van der Waals surface area contributed by atoms with Gasteiger partial charge >= 0.3 is 0 Å². The Kier molecular flexibility index (Phi) is 6.69. The van der Waals surface area contributed by atoms with E-state index in [-0.39, 0.29) is 0 Å². The van der Waals surface area contributed by atoms with Crippen molar-refractivity contribution in [1.82, 2.24) is 10.2 Å². The molecule has 0 aromatic heterocycles. The van der Waals surface area contributed by atoms with Crippen LogP contribution < -0.4 is 5.32 Å². The molecule has 1 unspecified atom stereocenters. The van der Waals surface area contributed by atoms with Gasteiger partial charge in [0.15, 0.2) is 0 Å². The van der Waals surface area contributed by atoms with E-state index >= 15 is 0 Å². The summed E-state index contributed by atoms with van der Waals surface area (Å²) >= 11 is 5.92. The number of nitrogens with one attached hydrogen (secondary N) is 1. The number of halogens is 1. The first-order valence-corrected chi connectivity index (χ1v) is 7.13. The van der Waals surface area contributed by atoms with Gasteiger partial charge in [-0.3, -0.25) is 0 Å². The second-order valence-corrected chi connectivity index (χ2v) is 5.34. The Morgan fingerprint density at radius 1 is 1.22 bits per heavy atom. The van der Waals surface area contributed by atoms with E-state index in [1.807, 2.05) is 19.2 Å². The second-order valence-electron chi connectivity index (χ2n) is 4.90. The third-order valence-corrected chi connectivity index (χ3v) is 3.71. The van der Waals surface area contributed by atoms with Gasteiger partial charge in [0.05, 0.1) is 0 Å². The Morgan fingerprint density at radius 2 is 1.83 bits per heavy atom. The van der Waals surface area contributed by atoms with Crippen molar-refractivity contribution >= 4 is 11.6 Å². The summed E-state index contributed by atoms with van der Waals surface area (Å²) in [5.74, 6) is 0. The molecule has 1 atom stereocenters. The van der Waals surface area contributed by atoms with Crippen LogP contribution >= 0.6 is 11.6 Å². The van der Waals surface area contributed by atoms with Gasteiger partial charge in [-0.1, -0.05) is 30.7 Å². The van der Waals surface area contributed by atoms with E-state index in [2.05, 4.69) is 43.1 Å². The van der Waals surface area contributed by atoms with E-state index in [4.69, 9.17) is 11.6 Å². The summed E-state index contributed by atoms with van der Waals surface area (Å²) in [6.07, 6.45) is 1.12. The lowest BCUT2D eigenvalue weighted by molar-refractivity contribution is 0.221. The third kappa shape index (κ3) is 4.60. The molecule has 0 heterocycles. The predicted octanol–water partition coefficient (Wildman–Crippen LogP) is 3.72. The molecule has 102 valence electrons. The maximum atomic E-state index is 5.92. The van der Waals surface area contributed by atoms with Crippen LogP contribution in [0.4, 0.5) is 0 Å². The minimum atomic E-state index is 0.398. The van der Waals surface area contributed by atoms with Gasteiger partial charge in [0.2, 0.25) is 0 Å². The van der Waals surface area contributed by atoms with Gasteiger partial charge < -0.3 is 10.2 Å². The molecule has 1 aromatic carbocycles. The zero-order chi connectivity index (χ0) is 13.5. The van der Waals surface area contributed by atoms with Crippen LogP contribution in [0.25, 0.3) is 0 Å². The summed E-state index contributed by atoms with van der Waals surface area (Å²) in [4.78, 5) is 2.49. The summed E-state index contributed by atoms with van der Waals surface area (Å²) in [5, 5.41) is 4.18. The normalized spacial score (nSPS) is 13.3. The first kappa shape index (κ1) is 15.5. The molecular formula is C15H25ClN2. The van der Waals surface area contributed by atoms with E-state index < -0.39 is 0 Å². The van der Waals surface area contributed by atoms with Crippen LogP contribution in [0, 0.1) is 0 Å². The van der Waals surface area contributed by atoms with Crippen LogP contribution in [-0.4, -0.2) is 31.1 Å². The first-order chi connectivity index (χ1) is 8.58. The predicted molar refractivity (Wildman–Crippen MR) is 80.3 cm³/mol. The Bertz CT molecular complexity index is 335. The van der Waals surface area contributed by atoms with E-state index in [0.717, 1.165) is 24.5 Å². The number of rotatable bonds is 7. The Hall–Kier alpha value is -0.570. The molecular weight excluding hydrogens is 244 g/mol. The van der Waals surface area contributed by atoms with Crippen molar-refractivity contribution in [1.29, 1.82) is 0 Å². The van der Waals surface area contributed by atoms with E-state index in [0.29, 0.717) is 12.1 Å². The van der Waals surface area contributed by atoms with Gasteiger partial charge in [0.25, 0.3) is 0 Å². The van der Waals surface area contributed by atoms with Gasteiger partial charge in [-0.2, -0.15) is 0 Å². The molecule has 0 fully saturated rings. The van der Waals surface area contributed by atoms with Crippen molar-refractivity contribution in [2.75, 3.05) is 20.1 Å². The number of hydrogen-bond donors (Lipinski definition) is 1. The number of nitrogens with zero attached hydrogens (tertiary/aromatic N) is 1. The third-order valence-electron chi connectivity index (χ3n) is 3.46. The van der Waals surface area contributed by atoms with Crippen LogP contribution in [0.3, 0.4) is 0 Å². The molecule has 0 bridgehead atoms. The fourth-order valence-electron chi connectivity index (χ4n) is 2.25. The Labute approximate surface area is 116 Å². The zero-order valence-electron chi connectivity index (χ0n) is 11.9. The molecule has 1 N–H and O–H groups in total. The molecule has 1 rings (SSSR count). The van der Waals surface area contributed by atoms with Crippen molar-refractivity contribution in [2.45, 2.75) is 39.3 Å². The zero-order valence-corrected chi connectivity index (χ0v) is 12.7. The summed E-state index contributed by atoms with van der Waals surface area (Å²) in [7, 11) is 2.02. The van der Waals surface area contributed by atoms with Crippen LogP contribution in [0.2, 0.25) is 5.02 Å². The summed E-state index contributed by atoms with van der Waals surface area (Å²) in [5.41, 5.74) is 1.31. The van der Waals surface area contributed by atoms with E-state index in [1.54, 1.807) is 0 Å². The van der Waals surface area contributed by atoms with Crippen molar-refractivity contribution in [3.05, 3.63) is 34.9 Å². The molecule has 0 saturated heterocycles. The summed E-state index contributed by atoms with van der Waals surface area (Å²) < 4.78 is 0. The maximum absolute atomic E-state index is 5.92. The monoisotopic (exact) mass is 268 g/mol. The quantitative estimate of drug-likeness (QED) is 0.811. The molecule has 18 heavy (non-hydrogen) atoms. The first-order valence-electron chi connectivity index (χ1n) is 6.75. The number of hydrogen-bond acceptors (Lipinski definition) is 2. The Morgan fingerprint density at radius 3 is 2.28 bits per heavy atom. The molecule has 0 amide bonds. The highest BCUT2D eigenvalue weighted by Crippen LogP contribution is 2.19. The average molecular weight is 269 g/mol. The topological polar surface area (TPSA) is 15.3 Å². The summed E-state index contributed by atoms with van der Waals surface area (Å²) in [6.45, 7) is 8.94. The molecule has 0 spiro atoms. The van der Waals surface area contributed by atoms with E-state index in [9.17, 15) is 0 Å². The molecule has 0 radical (unpaired) electrons. The van der Waals surface area contributed by atoms with Gasteiger partial charge in [0, 0.05) is 23.7 Å². The fourth-order valence-corrected chi connectivity index (χ4v) is 2.38. The summed E-state index contributed by atoms with van der Waals surface area (Å²) in [6, 6.07) is 9.14. The molecule has 0 saturated carbocycles. The lowest BCUT2D eigenvalue weighted by Crippen LogP contribution is -2.33. The van der Waals surface area contributed by atoms with Crippen LogP contribution in [0.1, 0.15) is 38.8 Å². The highest BCUT2D eigenvalue weighted by molar-refractivity contribution is 6.30. The molecule has 3 heteroatoms. The Balaban J connectivity index is 2.59. The van der Waals surface area contributed by atoms with Crippen molar-refractivity contribution in [2.24, 2.45) is 0 Å². The SMILES string of the molecule is CCN(CCC(NC)c1ccc(Cl)cc1)C(C)C. The van der Waals surface area contributed by atoms with Crippen LogP contribution in [-0.2, 0) is 0 Å². The highest BCUT2D eigenvalue weighted by Gasteiger charge is 2.12. The highest BCUT2D eigenvalue weighted by atomic mass is 35.5. The van der Waals surface area contributed by atoms with Gasteiger partial charge in [-0.15, -0.1) is 0 Å². The molecule has 0 aliphatic heterocycles. The number of benzene rings is 1.